The third-order valence-corrected chi connectivity index (χ3v) is 5.56. The van der Waals surface area contributed by atoms with Crippen LogP contribution in [0.15, 0.2) is 0 Å². The first kappa shape index (κ1) is 22.6. The van der Waals surface area contributed by atoms with Gasteiger partial charge in [-0.2, -0.15) is 0 Å². The Hall–Kier alpha value is -1.41. The quantitative estimate of drug-likeness (QED) is 0.243. The zero-order chi connectivity index (χ0) is 18.8. The molecule has 0 aromatic rings. The van der Waals surface area contributed by atoms with Gasteiger partial charge in [0, 0.05) is 0 Å². The molecule has 0 aromatic heterocycles. The summed E-state index contributed by atoms with van der Waals surface area (Å²) in [4.78, 5) is 36.6. The summed E-state index contributed by atoms with van der Waals surface area (Å²) >= 11 is 0. The van der Waals surface area contributed by atoms with Gasteiger partial charge < -0.3 is 27.8 Å². The van der Waals surface area contributed by atoms with Gasteiger partial charge in [-0.3, -0.25) is 9.59 Å². The van der Waals surface area contributed by atoms with E-state index in [0.717, 1.165) is 21.3 Å². The van der Waals surface area contributed by atoms with Crippen LogP contribution in [0.4, 0.5) is 0 Å². The van der Waals surface area contributed by atoms with Crippen LogP contribution < -0.4 is 0 Å². The van der Waals surface area contributed by atoms with Crippen LogP contribution in [0, 0.1) is 5.92 Å². The summed E-state index contributed by atoms with van der Waals surface area (Å²) in [7, 11) is -0.268. The van der Waals surface area contributed by atoms with Crippen LogP contribution in [0.1, 0.15) is 20.8 Å². The van der Waals surface area contributed by atoms with Crippen molar-refractivity contribution in [1.82, 2.24) is 0 Å². The maximum atomic E-state index is 12.4. The van der Waals surface area contributed by atoms with Gasteiger partial charge in [0.25, 0.3) is 7.57 Å². The number of ether oxygens (including phenoxy) is 3. The molecule has 0 bridgehead atoms. The molecule has 24 heavy (non-hydrogen) atoms. The lowest BCUT2D eigenvalue weighted by Gasteiger charge is -2.29. The molecule has 0 saturated carbocycles. The van der Waals surface area contributed by atoms with Gasteiger partial charge in [0.1, 0.15) is 5.29 Å². The fourth-order valence-electron chi connectivity index (χ4n) is 1.88. The summed E-state index contributed by atoms with van der Waals surface area (Å²) in [6.45, 7) is 5.32. The third-order valence-electron chi connectivity index (χ3n) is 2.73. The number of hydrogen-bond acceptors (Lipinski definition) is 9. The summed E-state index contributed by atoms with van der Waals surface area (Å²) in [6.07, 6.45) is 0. The van der Waals surface area contributed by atoms with Crippen molar-refractivity contribution in [3.05, 3.63) is 0 Å². The standard InChI is InChI=1S/C14H25O9P/c1-7-21-24(22-8-2,23-9-3)11(14(17)20-6)10(12(15)18-4)13(16)19-5/h10H,7-9H2,1-6H3. The van der Waals surface area contributed by atoms with E-state index in [2.05, 4.69) is 9.47 Å². The van der Waals surface area contributed by atoms with Gasteiger partial charge in [-0.25, -0.2) is 4.79 Å². The van der Waals surface area contributed by atoms with Gasteiger partial charge in [0.15, 0.2) is 5.92 Å². The van der Waals surface area contributed by atoms with Gasteiger partial charge in [-0.05, 0) is 20.8 Å². The number of carbonyl (C=O) groups excluding carboxylic acids is 3. The largest absolute Gasteiger partial charge is 0.468 e. The van der Waals surface area contributed by atoms with Crippen LogP contribution in [-0.4, -0.2) is 64.4 Å². The van der Waals surface area contributed by atoms with Crippen LogP contribution >= 0.6 is 7.57 Å². The van der Waals surface area contributed by atoms with E-state index < -0.39 is 36.7 Å². The van der Waals surface area contributed by atoms with Gasteiger partial charge in [-0.1, -0.05) is 0 Å². The normalized spacial score (nSPS) is 11.1. The van der Waals surface area contributed by atoms with Crippen LogP contribution in [0.5, 0.6) is 0 Å². The maximum absolute atomic E-state index is 12.4. The van der Waals surface area contributed by atoms with Gasteiger partial charge in [0.2, 0.25) is 0 Å². The number of carbonyl (C=O) groups is 3. The van der Waals surface area contributed by atoms with Crippen LogP contribution in [0.2, 0.25) is 0 Å². The minimum Gasteiger partial charge on any atom is -0.468 e. The molecule has 0 radical (unpaired) electrons. The molecule has 9 nitrogen and oxygen atoms in total. The van der Waals surface area contributed by atoms with E-state index >= 15 is 0 Å². The molecule has 0 heterocycles. The number of methoxy groups -OCH3 is 3. The van der Waals surface area contributed by atoms with E-state index in [0.29, 0.717) is 0 Å². The highest BCUT2D eigenvalue weighted by molar-refractivity contribution is 7.65. The second-order valence-corrected chi connectivity index (χ2v) is 6.36. The van der Waals surface area contributed by atoms with Crippen molar-refractivity contribution in [2.45, 2.75) is 20.8 Å². The van der Waals surface area contributed by atoms with Crippen molar-refractivity contribution >= 4 is 30.8 Å². The lowest BCUT2D eigenvalue weighted by atomic mass is 10.1. The third kappa shape index (κ3) is 5.31. The molecule has 0 N–H and O–H groups in total. The minimum atomic E-state index is -3.53. The Morgan fingerprint density at radius 1 is 0.750 bits per heavy atom. The number of esters is 3. The average Bonchev–Trinajstić information content (AvgIpc) is 2.58. The van der Waals surface area contributed by atoms with E-state index in [9.17, 15) is 14.4 Å². The Labute approximate surface area is 141 Å². The second kappa shape index (κ2) is 11.2. The molecule has 0 aliphatic carbocycles. The predicted molar refractivity (Wildman–Crippen MR) is 86.3 cm³/mol. The fraction of sp³-hybridized carbons (Fsp3) is 0.714. The number of hydrogen-bond donors (Lipinski definition) is 0. The van der Waals surface area contributed by atoms with Crippen molar-refractivity contribution in [3.63, 3.8) is 0 Å². The molecule has 0 aliphatic rings. The first-order valence-electron chi connectivity index (χ1n) is 7.32. The monoisotopic (exact) mass is 368 g/mol. The van der Waals surface area contributed by atoms with Crippen LogP contribution in [-0.2, 0) is 42.2 Å². The molecular formula is C14H25O9P. The highest BCUT2D eigenvalue weighted by Gasteiger charge is 2.46. The van der Waals surface area contributed by atoms with E-state index in [4.69, 9.17) is 18.3 Å². The minimum absolute atomic E-state index is 0.114. The Morgan fingerprint density at radius 3 is 1.38 bits per heavy atom. The van der Waals surface area contributed by atoms with Crippen molar-refractivity contribution in [1.29, 1.82) is 0 Å². The zero-order valence-corrected chi connectivity index (χ0v) is 15.7. The van der Waals surface area contributed by atoms with E-state index in [1.165, 1.54) is 0 Å². The Kier molecular flexibility index (Phi) is 10.5. The number of rotatable bonds is 10. The lowest BCUT2D eigenvalue weighted by molar-refractivity contribution is -0.156. The lowest BCUT2D eigenvalue weighted by Crippen LogP contribution is -2.40. The molecule has 0 atom stereocenters. The van der Waals surface area contributed by atoms with Crippen molar-refractivity contribution < 1.29 is 42.2 Å². The Balaban J connectivity index is 6.75. The van der Waals surface area contributed by atoms with Crippen molar-refractivity contribution in [2.75, 3.05) is 41.2 Å². The molecule has 10 heteroatoms. The van der Waals surface area contributed by atoms with Crippen LogP contribution in [0.25, 0.3) is 0 Å². The SMILES string of the molecule is CCOP(OCC)(OCC)=C(C(=O)OC)C(C(=O)OC)C(=O)OC. The van der Waals surface area contributed by atoms with Crippen molar-refractivity contribution in [2.24, 2.45) is 5.92 Å². The fourth-order valence-corrected chi connectivity index (χ4v) is 4.38. The highest BCUT2D eigenvalue weighted by Crippen LogP contribution is 2.54. The summed E-state index contributed by atoms with van der Waals surface area (Å²) < 4.78 is 30.7. The maximum Gasteiger partial charge on any atom is 0.342 e. The predicted octanol–water partition coefficient (Wildman–Crippen LogP) is 1.17. The smallest absolute Gasteiger partial charge is 0.342 e. The van der Waals surface area contributed by atoms with Gasteiger partial charge >= 0.3 is 17.9 Å². The average molecular weight is 368 g/mol. The molecule has 0 unspecified atom stereocenters. The molecule has 0 spiro atoms. The summed E-state index contributed by atoms with van der Waals surface area (Å²) in [5.74, 6) is -4.71. The molecule has 0 saturated heterocycles. The first-order valence-corrected chi connectivity index (χ1v) is 8.87. The molecule has 0 aromatic carbocycles. The molecule has 0 fully saturated rings. The second-order valence-electron chi connectivity index (χ2n) is 4.11. The molecule has 0 amide bonds. The van der Waals surface area contributed by atoms with Gasteiger partial charge in [0.05, 0.1) is 41.2 Å². The molecule has 0 rings (SSSR count). The summed E-state index contributed by atoms with van der Waals surface area (Å²) in [5, 5.41) is -0.394. The van der Waals surface area contributed by atoms with E-state index in [1.54, 1.807) is 20.8 Å². The van der Waals surface area contributed by atoms with Crippen LogP contribution in [0.3, 0.4) is 0 Å². The highest BCUT2D eigenvalue weighted by atomic mass is 31.2. The first-order chi connectivity index (χ1) is 11.4. The summed E-state index contributed by atoms with van der Waals surface area (Å²) in [5.41, 5.74) is 0. The van der Waals surface area contributed by atoms with Crippen molar-refractivity contribution in [3.8, 4) is 0 Å². The van der Waals surface area contributed by atoms with E-state index in [1.807, 2.05) is 0 Å². The topological polar surface area (TPSA) is 107 Å². The Bertz CT molecular complexity index is 461. The molecule has 0 aliphatic heterocycles. The Morgan fingerprint density at radius 2 is 1.12 bits per heavy atom. The summed E-state index contributed by atoms with van der Waals surface area (Å²) in [6, 6.07) is 0. The van der Waals surface area contributed by atoms with E-state index in [-0.39, 0.29) is 19.8 Å². The molecule has 140 valence electrons. The molecular weight excluding hydrogens is 343 g/mol. The van der Waals surface area contributed by atoms with Gasteiger partial charge in [-0.15, -0.1) is 0 Å². The zero-order valence-electron chi connectivity index (χ0n) is 14.8.